The number of aromatic nitrogens is 2. The molecule has 0 N–H and O–H groups in total. The van der Waals surface area contributed by atoms with Gasteiger partial charge in [0.1, 0.15) is 0 Å². The van der Waals surface area contributed by atoms with Gasteiger partial charge in [-0.15, -0.1) is 10.2 Å². The number of hydrogen-bond donors (Lipinski definition) is 0. The van der Waals surface area contributed by atoms with E-state index < -0.39 is 0 Å². The molecule has 1 aromatic heterocycles. The Hall–Kier alpha value is -3.21. The standard InChI is InChI=1S/C22H22N4O/c1-2-25(18-11-4-3-5-12-18)21-15-14-19(23-24-21)22(27)26-16-8-10-17-9-6-7-13-20(17)26/h3-7,9,11-15H,2,8,10,16H2,1H3. The average molecular weight is 358 g/mol. The summed E-state index contributed by atoms with van der Waals surface area (Å²) in [6.45, 7) is 3.55. The zero-order valence-electron chi connectivity index (χ0n) is 15.4. The number of fused-ring (bicyclic) bond motifs is 1. The molecule has 2 aromatic carbocycles. The molecule has 1 aliphatic heterocycles. The Labute approximate surface area is 159 Å². The van der Waals surface area contributed by atoms with Gasteiger partial charge >= 0.3 is 0 Å². The van der Waals surface area contributed by atoms with Gasteiger partial charge in [0.2, 0.25) is 0 Å². The first kappa shape index (κ1) is 17.2. The largest absolute Gasteiger partial charge is 0.325 e. The van der Waals surface area contributed by atoms with E-state index >= 15 is 0 Å². The fourth-order valence-electron chi connectivity index (χ4n) is 3.55. The van der Waals surface area contributed by atoms with E-state index in [0.717, 1.165) is 36.6 Å². The van der Waals surface area contributed by atoms with Crippen LogP contribution < -0.4 is 9.80 Å². The smallest absolute Gasteiger partial charge is 0.278 e. The lowest BCUT2D eigenvalue weighted by atomic mass is 10.0. The van der Waals surface area contributed by atoms with E-state index in [1.165, 1.54) is 5.56 Å². The highest BCUT2D eigenvalue weighted by Crippen LogP contribution is 2.28. The molecule has 136 valence electrons. The minimum absolute atomic E-state index is 0.0936. The molecule has 1 amide bonds. The topological polar surface area (TPSA) is 49.3 Å². The normalized spacial score (nSPS) is 13.1. The zero-order valence-corrected chi connectivity index (χ0v) is 15.4. The summed E-state index contributed by atoms with van der Waals surface area (Å²) < 4.78 is 0. The van der Waals surface area contributed by atoms with E-state index in [2.05, 4.69) is 28.1 Å². The number of rotatable bonds is 4. The molecule has 5 nitrogen and oxygen atoms in total. The second-order valence-electron chi connectivity index (χ2n) is 6.55. The van der Waals surface area contributed by atoms with Crippen LogP contribution in [-0.4, -0.2) is 29.2 Å². The maximum absolute atomic E-state index is 13.0. The maximum Gasteiger partial charge on any atom is 0.278 e. The van der Waals surface area contributed by atoms with Gasteiger partial charge in [0.15, 0.2) is 11.5 Å². The van der Waals surface area contributed by atoms with Crippen LogP contribution in [-0.2, 0) is 6.42 Å². The minimum atomic E-state index is -0.0936. The van der Waals surface area contributed by atoms with E-state index in [4.69, 9.17) is 0 Å². The van der Waals surface area contributed by atoms with E-state index in [-0.39, 0.29) is 5.91 Å². The number of hydrogen-bond acceptors (Lipinski definition) is 4. The number of carbonyl (C=O) groups is 1. The Morgan fingerprint density at radius 2 is 1.78 bits per heavy atom. The van der Waals surface area contributed by atoms with Gasteiger partial charge in [0, 0.05) is 24.5 Å². The van der Waals surface area contributed by atoms with Gasteiger partial charge in [-0.1, -0.05) is 36.4 Å². The van der Waals surface area contributed by atoms with E-state index in [0.29, 0.717) is 12.2 Å². The lowest BCUT2D eigenvalue weighted by molar-refractivity contribution is 0.0979. The van der Waals surface area contributed by atoms with Gasteiger partial charge in [-0.2, -0.15) is 0 Å². The van der Waals surface area contributed by atoms with Crippen molar-refractivity contribution in [2.24, 2.45) is 0 Å². The molecule has 0 spiro atoms. The molecule has 2 heterocycles. The van der Waals surface area contributed by atoms with Gasteiger partial charge in [-0.25, -0.2) is 0 Å². The lowest BCUT2D eigenvalue weighted by Gasteiger charge is -2.29. The Kier molecular flexibility index (Phi) is 4.83. The fraction of sp³-hybridized carbons (Fsp3) is 0.227. The van der Waals surface area contributed by atoms with Crippen molar-refractivity contribution in [2.45, 2.75) is 19.8 Å². The zero-order chi connectivity index (χ0) is 18.6. The monoisotopic (exact) mass is 358 g/mol. The second-order valence-corrected chi connectivity index (χ2v) is 6.55. The quantitative estimate of drug-likeness (QED) is 0.700. The molecular weight excluding hydrogens is 336 g/mol. The summed E-state index contributed by atoms with van der Waals surface area (Å²) in [5.41, 5.74) is 3.62. The first-order valence-corrected chi connectivity index (χ1v) is 9.34. The highest BCUT2D eigenvalue weighted by atomic mass is 16.2. The van der Waals surface area contributed by atoms with Crippen molar-refractivity contribution in [3.05, 3.63) is 78.0 Å². The van der Waals surface area contributed by atoms with Crippen LogP contribution >= 0.6 is 0 Å². The highest BCUT2D eigenvalue weighted by Gasteiger charge is 2.24. The maximum atomic E-state index is 13.0. The van der Waals surface area contributed by atoms with Crippen LogP contribution in [0.25, 0.3) is 0 Å². The molecule has 0 unspecified atom stereocenters. The highest BCUT2D eigenvalue weighted by molar-refractivity contribution is 6.05. The number of anilines is 3. The van der Waals surface area contributed by atoms with Crippen LogP contribution in [0.3, 0.4) is 0 Å². The summed E-state index contributed by atoms with van der Waals surface area (Å²) in [5.74, 6) is 0.642. The summed E-state index contributed by atoms with van der Waals surface area (Å²) in [6.07, 6.45) is 1.97. The lowest BCUT2D eigenvalue weighted by Crippen LogP contribution is -2.36. The van der Waals surface area contributed by atoms with Gasteiger partial charge in [0.05, 0.1) is 0 Å². The Morgan fingerprint density at radius 1 is 1.00 bits per heavy atom. The molecule has 0 fully saturated rings. The number of nitrogens with zero attached hydrogens (tertiary/aromatic N) is 4. The van der Waals surface area contributed by atoms with E-state index in [1.54, 1.807) is 6.07 Å². The number of amides is 1. The van der Waals surface area contributed by atoms with Crippen molar-refractivity contribution in [2.75, 3.05) is 22.9 Å². The summed E-state index contributed by atoms with van der Waals surface area (Å²) in [5, 5.41) is 8.56. The molecule has 0 bridgehead atoms. The molecule has 3 aromatic rings. The molecule has 4 rings (SSSR count). The molecular formula is C22H22N4O. The molecule has 0 saturated heterocycles. The van der Waals surface area contributed by atoms with Gasteiger partial charge in [0.25, 0.3) is 5.91 Å². The Balaban J connectivity index is 1.59. The first-order valence-electron chi connectivity index (χ1n) is 9.34. The summed E-state index contributed by atoms with van der Waals surface area (Å²) >= 11 is 0. The van der Waals surface area contributed by atoms with Crippen molar-refractivity contribution in [3.8, 4) is 0 Å². The van der Waals surface area contributed by atoms with Gasteiger partial charge < -0.3 is 9.80 Å². The Bertz CT molecular complexity index is 925. The van der Waals surface area contributed by atoms with Crippen LogP contribution in [0.15, 0.2) is 66.7 Å². The fourth-order valence-corrected chi connectivity index (χ4v) is 3.55. The summed E-state index contributed by atoms with van der Waals surface area (Å²) in [6, 6.07) is 21.8. The summed E-state index contributed by atoms with van der Waals surface area (Å²) in [7, 11) is 0. The van der Waals surface area contributed by atoms with Crippen molar-refractivity contribution in [3.63, 3.8) is 0 Å². The molecule has 0 radical (unpaired) electrons. The molecule has 0 atom stereocenters. The number of benzene rings is 2. The molecule has 27 heavy (non-hydrogen) atoms. The average Bonchev–Trinajstić information content (AvgIpc) is 2.75. The third-order valence-electron chi connectivity index (χ3n) is 4.89. The predicted octanol–water partition coefficient (Wildman–Crippen LogP) is 4.23. The molecule has 1 aliphatic rings. The minimum Gasteiger partial charge on any atom is -0.325 e. The van der Waals surface area contributed by atoms with E-state index in [1.807, 2.05) is 59.5 Å². The summed E-state index contributed by atoms with van der Waals surface area (Å²) in [4.78, 5) is 16.9. The van der Waals surface area contributed by atoms with Crippen molar-refractivity contribution < 1.29 is 4.79 Å². The van der Waals surface area contributed by atoms with Crippen LogP contribution in [0, 0.1) is 0 Å². The van der Waals surface area contributed by atoms with Crippen LogP contribution in [0.5, 0.6) is 0 Å². The second kappa shape index (κ2) is 7.58. The SMILES string of the molecule is CCN(c1ccccc1)c1ccc(C(=O)N2CCCc3ccccc32)nn1. The Morgan fingerprint density at radius 3 is 2.52 bits per heavy atom. The van der Waals surface area contributed by atoms with Crippen LogP contribution in [0.1, 0.15) is 29.4 Å². The van der Waals surface area contributed by atoms with Crippen LogP contribution in [0.4, 0.5) is 17.2 Å². The van der Waals surface area contributed by atoms with E-state index in [9.17, 15) is 4.79 Å². The molecule has 0 aliphatic carbocycles. The number of para-hydroxylation sites is 2. The third kappa shape index (κ3) is 3.40. The van der Waals surface area contributed by atoms with Crippen molar-refractivity contribution in [1.82, 2.24) is 10.2 Å². The predicted molar refractivity (Wildman–Crippen MR) is 108 cm³/mol. The van der Waals surface area contributed by atoms with Crippen molar-refractivity contribution >= 4 is 23.1 Å². The first-order chi connectivity index (χ1) is 13.3. The number of aryl methyl sites for hydroxylation is 1. The number of carbonyl (C=O) groups excluding carboxylic acids is 1. The molecule has 5 heteroatoms. The third-order valence-corrected chi connectivity index (χ3v) is 4.89. The molecule has 0 saturated carbocycles. The van der Waals surface area contributed by atoms with Gasteiger partial charge in [-0.3, -0.25) is 4.79 Å². The van der Waals surface area contributed by atoms with Crippen LogP contribution in [0.2, 0.25) is 0 Å². The van der Waals surface area contributed by atoms with Crippen molar-refractivity contribution in [1.29, 1.82) is 0 Å². The van der Waals surface area contributed by atoms with Gasteiger partial charge in [-0.05, 0) is 55.7 Å².